The number of carbonyl (C=O) groups excluding carboxylic acids is 2. The molecule has 0 atom stereocenters. The van der Waals surface area contributed by atoms with Gasteiger partial charge in [0.15, 0.2) is 0 Å². The number of rotatable bonds is 7. The molecule has 6 nitrogen and oxygen atoms in total. The second kappa shape index (κ2) is 9.68. The highest BCUT2D eigenvalue weighted by atomic mass is 16.3. The molecule has 0 bridgehead atoms. The van der Waals surface area contributed by atoms with Gasteiger partial charge in [0, 0.05) is 25.2 Å². The molecule has 0 unspecified atom stereocenters. The molecule has 26 heavy (non-hydrogen) atoms. The van der Waals surface area contributed by atoms with Gasteiger partial charge in [-0.15, -0.1) is 0 Å². The first kappa shape index (κ1) is 18.8. The van der Waals surface area contributed by atoms with E-state index in [1.165, 1.54) is 12.2 Å². The number of amides is 2. The van der Waals surface area contributed by atoms with Gasteiger partial charge in [-0.3, -0.25) is 9.59 Å². The Hall–Kier alpha value is -3.54. The van der Waals surface area contributed by atoms with Crippen LogP contribution in [0, 0.1) is 0 Å². The zero-order valence-corrected chi connectivity index (χ0v) is 14.1. The highest BCUT2D eigenvalue weighted by molar-refractivity contribution is 5.92. The number of carbonyl (C=O) groups is 2. The van der Waals surface area contributed by atoms with Crippen molar-refractivity contribution in [1.29, 1.82) is 0 Å². The molecule has 0 fully saturated rings. The van der Waals surface area contributed by atoms with Gasteiger partial charge in [-0.25, -0.2) is 0 Å². The maximum Gasteiger partial charge on any atom is 0.244 e. The van der Waals surface area contributed by atoms with E-state index in [0.717, 1.165) is 11.1 Å². The first-order valence-corrected chi connectivity index (χ1v) is 8.03. The molecule has 0 aliphatic carbocycles. The predicted molar refractivity (Wildman–Crippen MR) is 100 cm³/mol. The van der Waals surface area contributed by atoms with E-state index < -0.39 is 0 Å². The minimum atomic E-state index is -0.271. The summed E-state index contributed by atoms with van der Waals surface area (Å²) >= 11 is 0. The standard InChI is InChI=1S/C20H20N2O4/c23-17-7-1-15(2-8-17)5-11-19(25)21-13-14-22-20(26)12-6-16-3-9-18(24)10-4-16/h1-12,23-24H,13-14H2,(H,21,25)(H,22,26)/b11-5+,12-6+. The summed E-state index contributed by atoms with van der Waals surface area (Å²) < 4.78 is 0. The number of benzene rings is 2. The Morgan fingerprint density at radius 2 is 1.04 bits per heavy atom. The quantitative estimate of drug-likeness (QED) is 0.453. The molecular weight excluding hydrogens is 332 g/mol. The molecule has 0 radical (unpaired) electrons. The lowest BCUT2D eigenvalue weighted by Crippen LogP contribution is -2.33. The van der Waals surface area contributed by atoms with E-state index in [0.29, 0.717) is 13.1 Å². The van der Waals surface area contributed by atoms with Crippen LogP contribution in [-0.4, -0.2) is 35.1 Å². The molecule has 2 aromatic carbocycles. The maximum atomic E-state index is 11.7. The lowest BCUT2D eigenvalue weighted by atomic mass is 10.2. The molecule has 0 saturated heterocycles. The molecule has 0 aliphatic rings. The third-order valence-electron chi connectivity index (χ3n) is 3.36. The second-order valence-corrected chi connectivity index (χ2v) is 5.43. The smallest absolute Gasteiger partial charge is 0.244 e. The number of aromatic hydroxyl groups is 2. The molecule has 2 amide bonds. The molecule has 2 aromatic rings. The minimum absolute atomic E-state index is 0.168. The monoisotopic (exact) mass is 352 g/mol. The zero-order chi connectivity index (χ0) is 18.8. The van der Waals surface area contributed by atoms with Gasteiger partial charge in [0.25, 0.3) is 0 Å². The third-order valence-corrected chi connectivity index (χ3v) is 3.36. The van der Waals surface area contributed by atoms with Crippen LogP contribution in [0.3, 0.4) is 0 Å². The van der Waals surface area contributed by atoms with Crippen LogP contribution in [0.25, 0.3) is 12.2 Å². The molecule has 0 heterocycles. The highest BCUT2D eigenvalue weighted by Crippen LogP contribution is 2.11. The summed E-state index contributed by atoms with van der Waals surface area (Å²) in [7, 11) is 0. The highest BCUT2D eigenvalue weighted by Gasteiger charge is 1.98. The van der Waals surface area contributed by atoms with Crippen molar-refractivity contribution < 1.29 is 19.8 Å². The summed E-state index contributed by atoms with van der Waals surface area (Å²) in [5.41, 5.74) is 1.59. The van der Waals surface area contributed by atoms with Crippen molar-refractivity contribution in [2.75, 3.05) is 13.1 Å². The normalized spacial score (nSPS) is 10.9. The zero-order valence-electron chi connectivity index (χ0n) is 14.1. The van der Waals surface area contributed by atoms with E-state index in [2.05, 4.69) is 10.6 Å². The van der Waals surface area contributed by atoms with Crippen LogP contribution in [0.4, 0.5) is 0 Å². The van der Waals surface area contributed by atoms with Crippen LogP contribution >= 0.6 is 0 Å². The van der Waals surface area contributed by atoms with Crippen molar-refractivity contribution in [2.24, 2.45) is 0 Å². The van der Waals surface area contributed by atoms with E-state index in [1.807, 2.05) is 0 Å². The van der Waals surface area contributed by atoms with E-state index in [-0.39, 0.29) is 23.3 Å². The Kier molecular flexibility index (Phi) is 7.00. The van der Waals surface area contributed by atoms with Crippen molar-refractivity contribution in [3.8, 4) is 11.5 Å². The molecular formula is C20H20N2O4. The number of nitrogens with one attached hydrogen (secondary N) is 2. The van der Waals surface area contributed by atoms with Crippen LogP contribution < -0.4 is 10.6 Å². The lowest BCUT2D eigenvalue weighted by Gasteiger charge is -2.03. The Balaban J connectivity index is 1.66. The van der Waals surface area contributed by atoms with Crippen molar-refractivity contribution in [2.45, 2.75) is 0 Å². The van der Waals surface area contributed by atoms with Crippen LogP contribution in [-0.2, 0) is 9.59 Å². The van der Waals surface area contributed by atoms with Gasteiger partial charge in [0.05, 0.1) is 0 Å². The maximum absolute atomic E-state index is 11.7. The van der Waals surface area contributed by atoms with E-state index >= 15 is 0 Å². The van der Waals surface area contributed by atoms with E-state index in [9.17, 15) is 19.8 Å². The minimum Gasteiger partial charge on any atom is -0.508 e. The number of phenolic OH excluding ortho intramolecular Hbond substituents is 2. The van der Waals surface area contributed by atoms with Crippen LogP contribution in [0.5, 0.6) is 11.5 Å². The topological polar surface area (TPSA) is 98.7 Å². The molecule has 2 rings (SSSR count). The summed E-state index contributed by atoms with van der Waals surface area (Å²) in [6.07, 6.45) is 6.04. The average molecular weight is 352 g/mol. The Morgan fingerprint density at radius 3 is 1.38 bits per heavy atom. The Morgan fingerprint density at radius 1 is 0.692 bits per heavy atom. The summed E-state index contributed by atoms with van der Waals surface area (Å²) in [5, 5.41) is 23.7. The molecule has 6 heteroatoms. The van der Waals surface area contributed by atoms with Gasteiger partial charge in [0.2, 0.25) is 11.8 Å². The number of hydrogen-bond acceptors (Lipinski definition) is 4. The first-order chi connectivity index (χ1) is 12.5. The molecule has 0 aliphatic heterocycles. The Labute approximate surface area is 151 Å². The molecule has 134 valence electrons. The van der Waals surface area contributed by atoms with Gasteiger partial charge < -0.3 is 20.8 Å². The fourth-order valence-corrected chi connectivity index (χ4v) is 2.00. The number of hydrogen-bond donors (Lipinski definition) is 4. The summed E-state index contributed by atoms with van der Waals surface area (Å²) in [5.74, 6) is -0.206. The second-order valence-electron chi connectivity index (χ2n) is 5.43. The lowest BCUT2D eigenvalue weighted by molar-refractivity contribution is -0.118. The largest absolute Gasteiger partial charge is 0.508 e. The van der Waals surface area contributed by atoms with Gasteiger partial charge >= 0.3 is 0 Å². The van der Waals surface area contributed by atoms with E-state index in [1.54, 1.807) is 60.7 Å². The predicted octanol–water partition coefficient (Wildman–Crippen LogP) is 2.06. The fourth-order valence-electron chi connectivity index (χ4n) is 2.00. The van der Waals surface area contributed by atoms with Gasteiger partial charge in [0.1, 0.15) is 11.5 Å². The fraction of sp³-hybridized carbons (Fsp3) is 0.100. The molecule has 0 aromatic heterocycles. The Bertz CT molecular complexity index is 724. The van der Waals surface area contributed by atoms with Gasteiger partial charge in [-0.1, -0.05) is 24.3 Å². The van der Waals surface area contributed by atoms with Crippen molar-refractivity contribution in [3.63, 3.8) is 0 Å². The first-order valence-electron chi connectivity index (χ1n) is 8.03. The summed E-state index contributed by atoms with van der Waals surface area (Å²) in [6.45, 7) is 0.606. The molecule has 0 spiro atoms. The summed E-state index contributed by atoms with van der Waals surface area (Å²) in [6, 6.07) is 12.9. The van der Waals surface area contributed by atoms with Crippen LogP contribution in [0.15, 0.2) is 60.7 Å². The molecule has 4 N–H and O–H groups in total. The average Bonchev–Trinajstić information content (AvgIpc) is 2.64. The SMILES string of the molecule is O=C(/C=C/c1ccc(O)cc1)NCCNC(=O)/C=C/c1ccc(O)cc1. The van der Waals surface area contributed by atoms with Gasteiger partial charge in [-0.2, -0.15) is 0 Å². The third kappa shape index (κ3) is 6.92. The van der Waals surface area contributed by atoms with Crippen molar-refractivity contribution in [3.05, 3.63) is 71.8 Å². The van der Waals surface area contributed by atoms with Gasteiger partial charge in [-0.05, 0) is 47.5 Å². The summed E-state index contributed by atoms with van der Waals surface area (Å²) in [4.78, 5) is 23.3. The van der Waals surface area contributed by atoms with Crippen molar-refractivity contribution in [1.82, 2.24) is 10.6 Å². The molecule has 0 saturated carbocycles. The van der Waals surface area contributed by atoms with Crippen LogP contribution in [0.2, 0.25) is 0 Å². The van der Waals surface area contributed by atoms with E-state index in [4.69, 9.17) is 0 Å². The van der Waals surface area contributed by atoms with Crippen molar-refractivity contribution >= 4 is 24.0 Å². The number of phenols is 2. The van der Waals surface area contributed by atoms with Crippen LogP contribution in [0.1, 0.15) is 11.1 Å².